The van der Waals surface area contributed by atoms with Crippen molar-refractivity contribution in [3.63, 3.8) is 0 Å². The molecule has 178 valence electrons. The Morgan fingerprint density at radius 2 is 2.06 bits per heavy atom. The Kier molecular flexibility index (Phi) is 7.49. The van der Waals surface area contributed by atoms with Crippen LogP contribution in [0.5, 0.6) is 5.75 Å². The largest absolute Gasteiger partial charge is 0.482 e. The summed E-state index contributed by atoms with van der Waals surface area (Å²) in [5, 5.41) is 3.38. The first-order valence-electron chi connectivity index (χ1n) is 10.9. The predicted molar refractivity (Wildman–Crippen MR) is 126 cm³/mol. The lowest BCUT2D eigenvalue weighted by Crippen LogP contribution is -2.39. The highest BCUT2D eigenvalue weighted by Crippen LogP contribution is 2.26. The fraction of sp³-hybridized carbons (Fsp3) is 0.320. The number of aryl methyl sites for hydroxylation is 1. The van der Waals surface area contributed by atoms with Gasteiger partial charge >= 0.3 is 0 Å². The lowest BCUT2D eigenvalue weighted by molar-refractivity contribution is -0.134. The number of aromatic nitrogens is 1. The molecule has 0 spiro atoms. The van der Waals surface area contributed by atoms with Crippen molar-refractivity contribution in [2.45, 2.75) is 33.0 Å². The monoisotopic (exact) mass is 483 g/mol. The second kappa shape index (κ2) is 10.7. The Labute approximate surface area is 202 Å². The molecule has 1 N–H and O–H groups in total. The SMILES string of the molecule is COCc1ccc(C(=O)NCc2c(C)ncc3c2CCN(C(=O)COc2ccccc2Cl)C3)o1. The average molecular weight is 484 g/mol. The van der Waals surface area contributed by atoms with E-state index in [-0.39, 0.29) is 24.2 Å². The Morgan fingerprint density at radius 3 is 2.85 bits per heavy atom. The van der Waals surface area contributed by atoms with Gasteiger partial charge in [0.2, 0.25) is 0 Å². The number of ether oxygens (including phenoxy) is 2. The standard InChI is InChI=1S/C25H26ClN3O5/c1-16-20(12-28-25(31)23-8-7-18(34-23)14-32-2)19-9-10-29(13-17(19)11-27-16)24(30)15-33-22-6-4-3-5-21(22)26/h3-8,11H,9-10,12-15H2,1-2H3,(H,28,31). The summed E-state index contributed by atoms with van der Waals surface area (Å²) in [6.45, 7) is 3.45. The Hall–Kier alpha value is -3.36. The van der Waals surface area contributed by atoms with Crippen LogP contribution in [0.1, 0.15) is 38.7 Å². The molecule has 0 fully saturated rings. The van der Waals surface area contributed by atoms with Gasteiger partial charge in [0.25, 0.3) is 11.8 Å². The van der Waals surface area contributed by atoms with Gasteiger partial charge in [0.05, 0.1) is 5.02 Å². The number of rotatable bonds is 8. The summed E-state index contributed by atoms with van der Waals surface area (Å²) in [4.78, 5) is 31.5. The molecule has 0 atom stereocenters. The average Bonchev–Trinajstić information content (AvgIpc) is 3.31. The van der Waals surface area contributed by atoms with Crippen LogP contribution in [0.4, 0.5) is 0 Å². The van der Waals surface area contributed by atoms with Gasteiger partial charge in [0.1, 0.15) is 18.1 Å². The number of nitrogens with zero attached hydrogens (tertiary/aromatic N) is 2. The lowest BCUT2D eigenvalue weighted by atomic mass is 9.95. The number of carbonyl (C=O) groups excluding carboxylic acids is 2. The van der Waals surface area contributed by atoms with Gasteiger partial charge in [-0.25, -0.2) is 0 Å². The zero-order valence-electron chi connectivity index (χ0n) is 19.1. The van der Waals surface area contributed by atoms with E-state index in [0.717, 1.165) is 22.4 Å². The number of halogens is 1. The van der Waals surface area contributed by atoms with E-state index in [1.54, 1.807) is 48.5 Å². The van der Waals surface area contributed by atoms with E-state index in [2.05, 4.69) is 10.3 Å². The molecule has 0 saturated carbocycles. The molecule has 0 aliphatic carbocycles. The molecule has 0 unspecified atom stereocenters. The van der Waals surface area contributed by atoms with E-state index < -0.39 is 0 Å². The number of hydrogen-bond acceptors (Lipinski definition) is 6. The first-order chi connectivity index (χ1) is 16.5. The molecule has 3 heterocycles. The molecule has 1 aliphatic heterocycles. The zero-order chi connectivity index (χ0) is 24.1. The van der Waals surface area contributed by atoms with Crippen molar-refractivity contribution in [1.29, 1.82) is 0 Å². The molecule has 4 rings (SSSR count). The number of methoxy groups -OCH3 is 1. The number of furan rings is 1. The molecule has 1 aliphatic rings. The van der Waals surface area contributed by atoms with Crippen LogP contribution in [0.25, 0.3) is 0 Å². The number of fused-ring (bicyclic) bond motifs is 1. The van der Waals surface area contributed by atoms with E-state index >= 15 is 0 Å². The Balaban J connectivity index is 1.39. The van der Waals surface area contributed by atoms with Crippen molar-refractivity contribution in [2.24, 2.45) is 0 Å². The molecule has 0 bridgehead atoms. The molecular weight excluding hydrogens is 458 g/mol. The molecular formula is C25H26ClN3O5. The van der Waals surface area contributed by atoms with Gasteiger partial charge in [0, 0.05) is 38.6 Å². The maximum absolute atomic E-state index is 12.7. The Bertz CT molecular complexity index is 1190. The number of benzene rings is 1. The maximum atomic E-state index is 12.7. The summed E-state index contributed by atoms with van der Waals surface area (Å²) in [6.07, 6.45) is 2.47. The summed E-state index contributed by atoms with van der Waals surface area (Å²) in [5.74, 6) is 0.883. The first-order valence-corrected chi connectivity index (χ1v) is 11.3. The first kappa shape index (κ1) is 23.8. The third kappa shape index (κ3) is 5.40. The van der Waals surface area contributed by atoms with Crippen LogP contribution >= 0.6 is 11.6 Å². The number of hydrogen-bond donors (Lipinski definition) is 1. The number of nitrogens with one attached hydrogen (secondary N) is 1. The molecule has 34 heavy (non-hydrogen) atoms. The lowest BCUT2D eigenvalue weighted by Gasteiger charge is -2.30. The Morgan fingerprint density at radius 1 is 1.24 bits per heavy atom. The van der Waals surface area contributed by atoms with Crippen LogP contribution in [-0.4, -0.2) is 42.0 Å². The van der Waals surface area contributed by atoms with Crippen molar-refractivity contribution in [2.75, 3.05) is 20.3 Å². The molecule has 2 amide bonds. The highest BCUT2D eigenvalue weighted by Gasteiger charge is 2.25. The third-order valence-corrected chi connectivity index (χ3v) is 6.05. The van der Waals surface area contributed by atoms with Crippen LogP contribution in [0.15, 0.2) is 47.0 Å². The van der Waals surface area contributed by atoms with Crippen molar-refractivity contribution >= 4 is 23.4 Å². The summed E-state index contributed by atoms with van der Waals surface area (Å²) in [7, 11) is 1.57. The van der Waals surface area contributed by atoms with Crippen LogP contribution in [0, 0.1) is 6.92 Å². The van der Waals surface area contributed by atoms with Crippen molar-refractivity contribution in [3.8, 4) is 5.75 Å². The molecule has 2 aromatic heterocycles. The number of amides is 2. The summed E-state index contributed by atoms with van der Waals surface area (Å²) < 4.78 is 16.1. The van der Waals surface area contributed by atoms with Gasteiger partial charge < -0.3 is 24.1 Å². The van der Waals surface area contributed by atoms with Gasteiger partial charge in [0.15, 0.2) is 12.4 Å². The third-order valence-electron chi connectivity index (χ3n) is 5.73. The van der Waals surface area contributed by atoms with E-state index in [1.165, 1.54) is 0 Å². The topological polar surface area (TPSA) is 93.9 Å². The highest BCUT2D eigenvalue weighted by molar-refractivity contribution is 6.32. The van der Waals surface area contributed by atoms with Gasteiger partial charge in [-0.05, 0) is 54.3 Å². The number of pyridine rings is 1. The molecule has 3 aromatic rings. The summed E-state index contributed by atoms with van der Waals surface area (Å²) in [5.41, 5.74) is 3.89. The van der Waals surface area contributed by atoms with Gasteiger partial charge in [-0.15, -0.1) is 0 Å². The van der Waals surface area contributed by atoms with E-state index in [9.17, 15) is 9.59 Å². The van der Waals surface area contributed by atoms with Crippen LogP contribution in [0.2, 0.25) is 5.02 Å². The minimum Gasteiger partial charge on any atom is -0.482 e. The maximum Gasteiger partial charge on any atom is 0.287 e. The molecule has 8 nitrogen and oxygen atoms in total. The van der Waals surface area contributed by atoms with Crippen molar-refractivity contribution < 1.29 is 23.5 Å². The minimum atomic E-state index is -0.302. The van der Waals surface area contributed by atoms with E-state index in [4.69, 9.17) is 25.5 Å². The van der Waals surface area contributed by atoms with Crippen LogP contribution in [0.3, 0.4) is 0 Å². The van der Waals surface area contributed by atoms with Crippen molar-refractivity contribution in [3.05, 3.63) is 81.5 Å². The van der Waals surface area contributed by atoms with Crippen molar-refractivity contribution in [1.82, 2.24) is 15.2 Å². The predicted octanol–water partition coefficient (Wildman–Crippen LogP) is 3.68. The second-order valence-corrected chi connectivity index (χ2v) is 8.40. The summed E-state index contributed by atoms with van der Waals surface area (Å²) >= 11 is 6.10. The molecule has 0 radical (unpaired) electrons. The fourth-order valence-corrected chi connectivity index (χ4v) is 4.13. The zero-order valence-corrected chi connectivity index (χ0v) is 19.9. The van der Waals surface area contributed by atoms with Gasteiger partial charge in [-0.1, -0.05) is 23.7 Å². The van der Waals surface area contributed by atoms with Gasteiger partial charge in [-0.2, -0.15) is 0 Å². The smallest absolute Gasteiger partial charge is 0.287 e. The highest BCUT2D eigenvalue weighted by atomic mass is 35.5. The quantitative estimate of drug-likeness (QED) is 0.525. The van der Waals surface area contributed by atoms with E-state index in [0.29, 0.717) is 49.2 Å². The number of carbonyl (C=O) groups is 2. The molecule has 9 heteroatoms. The van der Waals surface area contributed by atoms with E-state index in [1.807, 2.05) is 13.0 Å². The number of para-hydroxylation sites is 1. The molecule has 1 aromatic carbocycles. The second-order valence-electron chi connectivity index (χ2n) is 7.99. The van der Waals surface area contributed by atoms with Crippen LogP contribution < -0.4 is 10.1 Å². The summed E-state index contributed by atoms with van der Waals surface area (Å²) in [6, 6.07) is 10.4. The minimum absolute atomic E-state index is 0.0878. The van der Waals surface area contributed by atoms with Gasteiger partial charge in [-0.3, -0.25) is 14.6 Å². The van der Waals surface area contributed by atoms with Crippen LogP contribution in [-0.2, 0) is 35.6 Å². The molecule has 0 saturated heterocycles. The fourth-order valence-electron chi connectivity index (χ4n) is 3.94. The normalized spacial score (nSPS) is 12.9.